The highest BCUT2D eigenvalue weighted by Gasteiger charge is 2.17. The molecule has 2 aromatic carbocycles. The van der Waals surface area contributed by atoms with Gasteiger partial charge in [0.25, 0.3) is 5.91 Å². The Morgan fingerprint density at radius 1 is 1.08 bits per heavy atom. The second-order valence-electron chi connectivity index (χ2n) is 5.57. The van der Waals surface area contributed by atoms with Gasteiger partial charge in [-0.25, -0.2) is 0 Å². The van der Waals surface area contributed by atoms with E-state index < -0.39 is 6.10 Å². The average Bonchev–Trinajstić information content (AvgIpc) is 2.64. The van der Waals surface area contributed by atoms with Crippen LogP contribution in [-0.4, -0.2) is 25.7 Å². The fourth-order valence-electron chi connectivity index (χ4n) is 2.43. The maximum absolute atomic E-state index is 12.2. The van der Waals surface area contributed by atoms with Gasteiger partial charge in [-0.2, -0.15) is 0 Å². The molecule has 0 bridgehead atoms. The number of para-hydroxylation sites is 1. The van der Waals surface area contributed by atoms with Crippen molar-refractivity contribution in [2.75, 3.05) is 13.7 Å². The van der Waals surface area contributed by atoms with Gasteiger partial charge >= 0.3 is 0 Å². The SMILES string of the molecule is CC[C@H](Oc1ccccc1)C(=O)NCCCc1cccc(OC)c1. The molecular formula is C20H25NO3. The van der Waals surface area contributed by atoms with Gasteiger partial charge in [0.05, 0.1) is 7.11 Å². The average molecular weight is 327 g/mol. The molecular weight excluding hydrogens is 302 g/mol. The van der Waals surface area contributed by atoms with Crippen LogP contribution in [0.2, 0.25) is 0 Å². The van der Waals surface area contributed by atoms with E-state index in [-0.39, 0.29) is 5.91 Å². The fraction of sp³-hybridized carbons (Fsp3) is 0.350. The van der Waals surface area contributed by atoms with Crippen molar-refractivity contribution in [3.05, 3.63) is 60.2 Å². The number of ether oxygens (including phenoxy) is 2. The Kier molecular flexibility index (Phi) is 7.15. The fourth-order valence-corrected chi connectivity index (χ4v) is 2.43. The summed E-state index contributed by atoms with van der Waals surface area (Å²) in [6.45, 7) is 2.58. The lowest BCUT2D eigenvalue weighted by Crippen LogP contribution is -2.38. The number of rotatable bonds is 9. The van der Waals surface area contributed by atoms with Crippen LogP contribution in [-0.2, 0) is 11.2 Å². The second-order valence-corrected chi connectivity index (χ2v) is 5.57. The highest BCUT2D eigenvalue weighted by atomic mass is 16.5. The van der Waals surface area contributed by atoms with Crippen LogP contribution in [0.15, 0.2) is 54.6 Å². The van der Waals surface area contributed by atoms with E-state index in [0.29, 0.717) is 13.0 Å². The number of benzene rings is 2. The van der Waals surface area contributed by atoms with Gasteiger partial charge in [-0.05, 0) is 49.1 Å². The number of hydrogen-bond acceptors (Lipinski definition) is 3. The minimum absolute atomic E-state index is 0.0630. The smallest absolute Gasteiger partial charge is 0.261 e. The van der Waals surface area contributed by atoms with E-state index in [1.54, 1.807) is 7.11 Å². The van der Waals surface area contributed by atoms with Gasteiger partial charge in [-0.3, -0.25) is 4.79 Å². The minimum atomic E-state index is -0.454. The third kappa shape index (κ3) is 5.61. The number of nitrogens with one attached hydrogen (secondary N) is 1. The standard InChI is InChI=1S/C20H25NO3/c1-3-19(24-17-11-5-4-6-12-17)20(22)21-14-8-10-16-9-7-13-18(15-16)23-2/h4-7,9,11-13,15,19H,3,8,10,14H2,1-2H3,(H,21,22)/t19-/m0/s1. The Morgan fingerprint density at radius 2 is 1.83 bits per heavy atom. The Hall–Kier alpha value is -2.49. The van der Waals surface area contributed by atoms with Gasteiger partial charge in [0.15, 0.2) is 6.10 Å². The molecule has 0 spiro atoms. The number of carbonyl (C=O) groups is 1. The zero-order valence-electron chi connectivity index (χ0n) is 14.3. The van der Waals surface area contributed by atoms with Crippen LogP contribution in [0.5, 0.6) is 11.5 Å². The van der Waals surface area contributed by atoms with Gasteiger partial charge in [-0.1, -0.05) is 37.3 Å². The van der Waals surface area contributed by atoms with Crippen molar-refractivity contribution < 1.29 is 14.3 Å². The molecule has 0 aromatic heterocycles. The van der Waals surface area contributed by atoms with Crippen molar-refractivity contribution in [3.8, 4) is 11.5 Å². The summed E-state index contributed by atoms with van der Waals surface area (Å²) < 4.78 is 11.0. The molecule has 2 rings (SSSR count). The monoisotopic (exact) mass is 327 g/mol. The summed E-state index contributed by atoms with van der Waals surface area (Å²) in [5.41, 5.74) is 1.20. The zero-order chi connectivity index (χ0) is 17.2. The molecule has 0 saturated carbocycles. The van der Waals surface area contributed by atoms with Crippen LogP contribution >= 0.6 is 0 Å². The van der Waals surface area contributed by atoms with Crippen LogP contribution in [0.25, 0.3) is 0 Å². The summed E-state index contributed by atoms with van der Waals surface area (Å²) in [6.07, 6.45) is 1.95. The molecule has 128 valence electrons. The van der Waals surface area contributed by atoms with E-state index in [4.69, 9.17) is 9.47 Å². The van der Waals surface area contributed by atoms with Crippen molar-refractivity contribution in [3.63, 3.8) is 0 Å². The molecule has 0 radical (unpaired) electrons. The highest BCUT2D eigenvalue weighted by Crippen LogP contribution is 2.14. The predicted octanol–water partition coefficient (Wildman–Crippen LogP) is 3.60. The van der Waals surface area contributed by atoms with Crippen molar-refractivity contribution >= 4 is 5.91 Å². The van der Waals surface area contributed by atoms with Crippen molar-refractivity contribution in [2.24, 2.45) is 0 Å². The van der Waals surface area contributed by atoms with Gasteiger partial charge in [0.1, 0.15) is 11.5 Å². The third-order valence-corrected chi connectivity index (χ3v) is 3.76. The lowest BCUT2D eigenvalue weighted by Gasteiger charge is -2.17. The van der Waals surface area contributed by atoms with E-state index in [0.717, 1.165) is 24.3 Å². The normalized spacial score (nSPS) is 11.6. The quantitative estimate of drug-likeness (QED) is 0.716. The molecule has 0 aliphatic carbocycles. The van der Waals surface area contributed by atoms with E-state index in [2.05, 4.69) is 11.4 Å². The van der Waals surface area contributed by atoms with E-state index >= 15 is 0 Å². The summed E-state index contributed by atoms with van der Waals surface area (Å²) in [5, 5.41) is 2.96. The Morgan fingerprint density at radius 3 is 2.54 bits per heavy atom. The lowest BCUT2D eigenvalue weighted by atomic mass is 10.1. The number of methoxy groups -OCH3 is 1. The van der Waals surface area contributed by atoms with Crippen LogP contribution in [0.4, 0.5) is 0 Å². The molecule has 4 nitrogen and oxygen atoms in total. The van der Waals surface area contributed by atoms with Crippen LogP contribution in [0.1, 0.15) is 25.3 Å². The first kappa shape index (κ1) is 17.9. The molecule has 4 heteroatoms. The predicted molar refractivity (Wildman–Crippen MR) is 95.5 cm³/mol. The molecule has 1 atom stereocenters. The van der Waals surface area contributed by atoms with Gasteiger partial charge < -0.3 is 14.8 Å². The molecule has 24 heavy (non-hydrogen) atoms. The maximum Gasteiger partial charge on any atom is 0.261 e. The molecule has 1 amide bonds. The Bertz CT molecular complexity index is 628. The number of carbonyl (C=O) groups excluding carboxylic acids is 1. The lowest BCUT2D eigenvalue weighted by molar-refractivity contribution is -0.128. The van der Waals surface area contributed by atoms with Crippen molar-refractivity contribution in [2.45, 2.75) is 32.3 Å². The van der Waals surface area contributed by atoms with Gasteiger partial charge in [-0.15, -0.1) is 0 Å². The molecule has 2 aromatic rings. The van der Waals surface area contributed by atoms with Crippen LogP contribution in [0, 0.1) is 0 Å². The van der Waals surface area contributed by atoms with E-state index in [1.165, 1.54) is 5.56 Å². The topological polar surface area (TPSA) is 47.6 Å². The van der Waals surface area contributed by atoms with Gasteiger partial charge in [0, 0.05) is 6.54 Å². The Labute approximate surface area is 143 Å². The molecule has 0 fully saturated rings. The molecule has 0 unspecified atom stereocenters. The zero-order valence-corrected chi connectivity index (χ0v) is 14.3. The summed E-state index contributed by atoms with van der Waals surface area (Å²) in [7, 11) is 1.66. The summed E-state index contributed by atoms with van der Waals surface area (Å²) in [4.78, 5) is 12.2. The van der Waals surface area contributed by atoms with Gasteiger partial charge in [0.2, 0.25) is 0 Å². The first-order valence-electron chi connectivity index (χ1n) is 8.35. The maximum atomic E-state index is 12.2. The van der Waals surface area contributed by atoms with E-state index in [1.807, 2.05) is 55.5 Å². The molecule has 0 aliphatic heterocycles. The van der Waals surface area contributed by atoms with Crippen LogP contribution < -0.4 is 14.8 Å². The van der Waals surface area contributed by atoms with Crippen LogP contribution in [0.3, 0.4) is 0 Å². The number of aryl methyl sites for hydroxylation is 1. The molecule has 0 saturated heterocycles. The molecule has 0 heterocycles. The number of hydrogen-bond donors (Lipinski definition) is 1. The Balaban J connectivity index is 1.75. The summed E-state index contributed by atoms with van der Waals surface area (Å²) >= 11 is 0. The minimum Gasteiger partial charge on any atom is -0.497 e. The summed E-state index contributed by atoms with van der Waals surface area (Å²) in [5.74, 6) is 1.52. The summed E-state index contributed by atoms with van der Waals surface area (Å²) in [6, 6.07) is 17.4. The number of amides is 1. The first-order chi connectivity index (χ1) is 11.7. The molecule has 0 aliphatic rings. The first-order valence-corrected chi connectivity index (χ1v) is 8.35. The largest absolute Gasteiger partial charge is 0.497 e. The van der Waals surface area contributed by atoms with Crippen molar-refractivity contribution in [1.82, 2.24) is 5.32 Å². The van der Waals surface area contributed by atoms with Crippen molar-refractivity contribution in [1.29, 1.82) is 0 Å². The second kappa shape index (κ2) is 9.60. The highest BCUT2D eigenvalue weighted by molar-refractivity contribution is 5.81. The molecule has 1 N–H and O–H groups in total. The third-order valence-electron chi connectivity index (χ3n) is 3.76. The van der Waals surface area contributed by atoms with E-state index in [9.17, 15) is 4.79 Å².